The van der Waals surface area contributed by atoms with E-state index in [0.717, 1.165) is 11.3 Å². The molecular formula is C28H28N2O4S. The molecule has 0 spiro atoms. The lowest BCUT2D eigenvalue weighted by Crippen LogP contribution is -2.37. The van der Waals surface area contributed by atoms with Gasteiger partial charge in [0.2, 0.25) is 0 Å². The van der Waals surface area contributed by atoms with Crippen LogP contribution in [-0.2, 0) is 4.79 Å². The molecule has 1 N–H and O–H groups in total. The predicted octanol–water partition coefficient (Wildman–Crippen LogP) is 5.39. The van der Waals surface area contributed by atoms with E-state index in [9.17, 15) is 14.9 Å². The second kappa shape index (κ2) is 10.0. The molecule has 1 heterocycles. The molecular weight excluding hydrogens is 460 g/mol. The number of ketones is 2. The van der Waals surface area contributed by atoms with E-state index >= 15 is 0 Å². The van der Waals surface area contributed by atoms with Crippen LogP contribution in [0.3, 0.4) is 0 Å². The number of thioether (sulfide) groups is 1. The van der Waals surface area contributed by atoms with Crippen LogP contribution in [0.4, 0.5) is 0 Å². The molecule has 4 rings (SSSR count). The van der Waals surface area contributed by atoms with Gasteiger partial charge < -0.3 is 14.8 Å². The van der Waals surface area contributed by atoms with Crippen molar-refractivity contribution >= 4 is 23.3 Å². The van der Waals surface area contributed by atoms with E-state index in [0.29, 0.717) is 46.1 Å². The third kappa shape index (κ3) is 5.13. The van der Waals surface area contributed by atoms with Crippen LogP contribution in [0.25, 0.3) is 0 Å². The molecule has 0 saturated carbocycles. The standard InChI is InChI=1S/C28H28N2O4S/c1-28(2)13-22-26(23(31)14-28)25(18-7-11-20(34-4)12-8-18)21(15-29)27(30-22)35-16-24(32)17-5-9-19(33-3)10-6-17/h5-12,25,30H,13-14,16H2,1-4H3/t25-/m0/s1. The zero-order valence-corrected chi connectivity index (χ0v) is 21.1. The van der Waals surface area contributed by atoms with Crippen molar-refractivity contribution < 1.29 is 19.1 Å². The molecule has 2 aromatic carbocycles. The Labute approximate surface area is 210 Å². The van der Waals surface area contributed by atoms with E-state index in [4.69, 9.17) is 9.47 Å². The van der Waals surface area contributed by atoms with Crippen LogP contribution in [-0.4, -0.2) is 31.5 Å². The lowest BCUT2D eigenvalue weighted by atomic mass is 9.69. The van der Waals surface area contributed by atoms with Crippen molar-refractivity contribution in [3.63, 3.8) is 0 Å². The minimum atomic E-state index is -0.482. The van der Waals surface area contributed by atoms with Gasteiger partial charge in [0.1, 0.15) is 11.5 Å². The Balaban J connectivity index is 1.69. The van der Waals surface area contributed by atoms with Gasteiger partial charge in [-0.3, -0.25) is 9.59 Å². The number of carbonyl (C=O) groups is 2. The molecule has 6 nitrogen and oxygen atoms in total. The predicted molar refractivity (Wildman–Crippen MR) is 136 cm³/mol. The van der Waals surface area contributed by atoms with E-state index < -0.39 is 5.92 Å². The van der Waals surface area contributed by atoms with Gasteiger partial charge in [-0.1, -0.05) is 37.7 Å². The number of nitrogens with one attached hydrogen (secondary N) is 1. The summed E-state index contributed by atoms with van der Waals surface area (Å²) in [5.41, 5.74) is 3.18. The first kappa shape index (κ1) is 24.6. The zero-order valence-electron chi connectivity index (χ0n) is 20.3. The molecule has 7 heteroatoms. The highest BCUT2D eigenvalue weighted by molar-refractivity contribution is 8.03. The van der Waals surface area contributed by atoms with Crippen molar-refractivity contribution in [3.05, 3.63) is 81.5 Å². The van der Waals surface area contributed by atoms with Gasteiger partial charge in [-0.2, -0.15) is 5.26 Å². The lowest BCUT2D eigenvalue weighted by molar-refractivity contribution is -0.118. The Morgan fingerprint density at radius 2 is 1.66 bits per heavy atom. The number of methoxy groups -OCH3 is 2. The molecule has 0 saturated heterocycles. The molecule has 0 amide bonds. The van der Waals surface area contributed by atoms with Crippen molar-refractivity contribution in [1.29, 1.82) is 5.26 Å². The monoisotopic (exact) mass is 488 g/mol. The largest absolute Gasteiger partial charge is 0.497 e. The Bertz CT molecular complexity index is 1250. The number of benzene rings is 2. The fraction of sp³-hybridized carbons (Fsp3) is 0.321. The van der Waals surface area contributed by atoms with Crippen LogP contribution in [0.5, 0.6) is 11.5 Å². The Hall–Kier alpha value is -3.50. The maximum absolute atomic E-state index is 13.3. The van der Waals surface area contributed by atoms with Gasteiger partial charge in [0.15, 0.2) is 11.6 Å². The second-order valence-electron chi connectivity index (χ2n) is 9.46. The molecule has 0 aromatic heterocycles. The molecule has 2 aromatic rings. The number of carbonyl (C=O) groups excluding carboxylic acids is 2. The summed E-state index contributed by atoms with van der Waals surface area (Å²) in [5, 5.41) is 14.2. The van der Waals surface area contributed by atoms with Crippen molar-refractivity contribution in [1.82, 2.24) is 5.32 Å². The Morgan fingerprint density at radius 3 is 2.23 bits per heavy atom. The fourth-order valence-corrected chi connectivity index (χ4v) is 5.57. The van der Waals surface area contributed by atoms with Gasteiger partial charge in [-0.05, 0) is 53.8 Å². The van der Waals surface area contributed by atoms with E-state index in [2.05, 4.69) is 25.2 Å². The lowest BCUT2D eigenvalue weighted by Gasteiger charge is -2.39. The minimum Gasteiger partial charge on any atom is -0.497 e. The summed E-state index contributed by atoms with van der Waals surface area (Å²) < 4.78 is 10.5. The zero-order chi connectivity index (χ0) is 25.2. The Morgan fingerprint density at radius 1 is 1.06 bits per heavy atom. The topological polar surface area (TPSA) is 88.4 Å². The third-order valence-corrected chi connectivity index (χ3v) is 7.35. The van der Waals surface area contributed by atoms with Gasteiger partial charge in [0, 0.05) is 23.3 Å². The number of rotatable bonds is 7. The van der Waals surface area contributed by atoms with Crippen molar-refractivity contribution in [2.24, 2.45) is 5.41 Å². The average Bonchev–Trinajstić information content (AvgIpc) is 2.85. The van der Waals surface area contributed by atoms with Crippen LogP contribution in [0, 0.1) is 16.7 Å². The highest BCUT2D eigenvalue weighted by Gasteiger charge is 2.42. The first-order valence-electron chi connectivity index (χ1n) is 11.4. The summed E-state index contributed by atoms with van der Waals surface area (Å²) >= 11 is 1.30. The maximum atomic E-state index is 13.3. The molecule has 1 aliphatic carbocycles. The molecule has 1 atom stereocenters. The number of nitriles is 1. The molecule has 1 aliphatic heterocycles. The summed E-state index contributed by atoms with van der Waals surface area (Å²) in [4.78, 5) is 26.2. The molecule has 0 radical (unpaired) electrons. The van der Waals surface area contributed by atoms with Gasteiger partial charge in [0.25, 0.3) is 0 Å². The number of nitrogens with zero attached hydrogens (tertiary/aromatic N) is 1. The molecule has 2 aliphatic rings. The number of dihydropyridines is 1. The maximum Gasteiger partial charge on any atom is 0.173 e. The molecule has 0 unspecified atom stereocenters. The fourth-order valence-electron chi connectivity index (χ4n) is 4.62. The molecule has 0 fully saturated rings. The minimum absolute atomic E-state index is 0.0509. The SMILES string of the molecule is COc1ccc(C(=O)CSC2=C(C#N)[C@H](c3ccc(OC)cc3)C3=C(CC(C)(C)CC3=O)N2)cc1. The van der Waals surface area contributed by atoms with Crippen LogP contribution >= 0.6 is 11.8 Å². The van der Waals surface area contributed by atoms with Crippen LogP contribution in [0.1, 0.15) is 48.5 Å². The van der Waals surface area contributed by atoms with Gasteiger partial charge in [-0.15, -0.1) is 0 Å². The molecule has 0 bridgehead atoms. The summed E-state index contributed by atoms with van der Waals surface area (Å²) in [6, 6.07) is 16.8. The first-order chi connectivity index (χ1) is 16.8. The number of hydrogen-bond donors (Lipinski definition) is 1. The first-order valence-corrected chi connectivity index (χ1v) is 12.4. The number of allylic oxidation sites excluding steroid dienone is 3. The smallest absolute Gasteiger partial charge is 0.173 e. The normalized spacial score (nSPS) is 18.9. The number of Topliss-reactive ketones (excluding diaryl/α,β-unsaturated/α-hetero) is 2. The van der Waals surface area contributed by atoms with Gasteiger partial charge in [-0.25, -0.2) is 0 Å². The van der Waals surface area contributed by atoms with E-state index in [1.165, 1.54) is 11.8 Å². The summed E-state index contributed by atoms with van der Waals surface area (Å²) in [5.74, 6) is 1.07. The van der Waals surface area contributed by atoms with E-state index in [-0.39, 0.29) is 22.7 Å². The van der Waals surface area contributed by atoms with Crippen molar-refractivity contribution in [3.8, 4) is 17.6 Å². The molecule has 180 valence electrons. The van der Waals surface area contributed by atoms with Crippen molar-refractivity contribution in [2.75, 3.05) is 20.0 Å². The summed E-state index contributed by atoms with van der Waals surface area (Å²) in [6.07, 6.45) is 1.12. The van der Waals surface area contributed by atoms with Crippen LogP contribution in [0.2, 0.25) is 0 Å². The second-order valence-corrected chi connectivity index (χ2v) is 10.4. The average molecular weight is 489 g/mol. The van der Waals surface area contributed by atoms with Crippen LogP contribution in [0.15, 0.2) is 70.4 Å². The summed E-state index contributed by atoms with van der Waals surface area (Å²) in [7, 11) is 3.18. The molecule has 35 heavy (non-hydrogen) atoms. The van der Waals surface area contributed by atoms with Gasteiger partial charge in [0.05, 0.1) is 42.6 Å². The number of hydrogen-bond acceptors (Lipinski definition) is 7. The number of ether oxygens (including phenoxy) is 2. The Kier molecular flexibility index (Phi) is 7.04. The summed E-state index contributed by atoms with van der Waals surface area (Å²) in [6.45, 7) is 4.14. The third-order valence-electron chi connectivity index (χ3n) is 6.34. The quantitative estimate of drug-likeness (QED) is 0.523. The highest BCUT2D eigenvalue weighted by atomic mass is 32.2. The van der Waals surface area contributed by atoms with Crippen molar-refractivity contribution in [2.45, 2.75) is 32.6 Å². The van der Waals surface area contributed by atoms with E-state index in [1.807, 2.05) is 24.3 Å². The van der Waals surface area contributed by atoms with Gasteiger partial charge >= 0.3 is 0 Å². The van der Waals surface area contributed by atoms with Crippen LogP contribution < -0.4 is 14.8 Å². The van der Waals surface area contributed by atoms with E-state index in [1.54, 1.807) is 38.5 Å². The highest BCUT2D eigenvalue weighted by Crippen LogP contribution is 2.48.